The molecule has 0 radical (unpaired) electrons. The molecule has 10 aromatic rings. The van der Waals surface area contributed by atoms with E-state index in [-0.39, 0.29) is 37.9 Å². The van der Waals surface area contributed by atoms with Gasteiger partial charge in [0.2, 0.25) is 5.95 Å². The number of nitrogens with zero attached hydrogens (tertiary/aromatic N) is 15. The Hall–Kier alpha value is -10.3. The summed E-state index contributed by atoms with van der Waals surface area (Å²) in [5.74, 6) is 2.84. The number of likely N-dealkylation sites (N-methyl/N-ethyl adjacent to an activating group) is 1. The molecule has 0 aliphatic carbocycles. The van der Waals surface area contributed by atoms with Gasteiger partial charge in [0.1, 0.15) is 28.6 Å². The van der Waals surface area contributed by atoms with Crippen molar-refractivity contribution in [3.8, 4) is 34.0 Å². The second-order valence-corrected chi connectivity index (χ2v) is 33.3. The maximum absolute atomic E-state index is 13.2. The van der Waals surface area contributed by atoms with Crippen LogP contribution in [-0.2, 0) is 25.7 Å². The summed E-state index contributed by atoms with van der Waals surface area (Å²) in [6.45, 7) is 27.8. The fourth-order valence-electron chi connectivity index (χ4n) is 13.7. The predicted molar refractivity (Wildman–Crippen MR) is 442 cm³/mol. The molecular formula is C81H100F5N21O5S2. The lowest BCUT2D eigenvalue weighted by Gasteiger charge is -2.34. The molecule has 0 amide bonds. The van der Waals surface area contributed by atoms with Gasteiger partial charge < -0.3 is 67.0 Å². The van der Waals surface area contributed by atoms with E-state index in [1.54, 1.807) is 24.8 Å². The quantitative estimate of drug-likeness (QED) is 0.0285. The molecule has 0 bridgehead atoms. The number of phenolic OH excluding ortho intramolecular Hbond substituents is 1. The van der Waals surface area contributed by atoms with Crippen LogP contribution in [0.5, 0.6) is 5.75 Å². The Balaban J connectivity index is 0.000000137. The van der Waals surface area contributed by atoms with Crippen LogP contribution in [-0.4, -0.2) is 183 Å². The normalized spacial score (nSPS) is 17.8. The topological polar surface area (TPSA) is 344 Å². The van der Waals surface area contributed by atoms with Crippen LogP contribution in [0.2, 0.25) is 0 Å². The van der Waals surface area contributed by atoms with Crippen molar-refractivity contribution in [2.75, 3.05) is 119 Å². The standard InChI is InChI=1S/C19H26N6.C18H20N6O.C13H12F2N2O.C12H22N4S2.C11H7F3O3.C8H13N3/c20-19-22-9-4-18(23-19)25-12-7-16(13-25)15-5-10-24(11-6-15)14-17-3-1-2-8-21-17;1-12-3-4-14(16(9-12)24-7-2-6-21-24)15-10-20-17(19)18(22-15)23-8-5-13(25)11-23;1-17-5-4-12-9(7-17)13(16-18-12)8-2-3-10(14)11(15)6-8;1-11(2)7-15-9(17-11)13-5-6-14-10-16-8-12(3,4)18-10;1-5-8(15)3-2-6-7(11(12,13)14)4-9(16)17-10(5)6;1-7-6-10-4-2-8(7)11-5-3-9/h1-4,8-9,15-16H,5-7,10-14H2,(H2,20,22,23);2-4,6-7,9-10,13,25H,5,8,11H2,1H3,(H2,19,20);2-3,6H,4-5,7H2,1H3;5-8H2,1-4H3,(H,13,15)(H,14,16);2-4,15H,1H3;2,4,6H,3,5,9H2,1H3,(H,10,11). The zero-order valence-corrected chi connectivity index (χ0v) is 67.0. The molecular weight excluding hydrogens is 1510 g/mol. The van der Waals surface area contributed by atoms with Crippen LogP contribution in [0.1, 0.15) is 92.6 Å². The molecule has 26 nitrogen and oxygen atoms in total. The number of aryl methyl sites for hydroxylation is 3. The van der Waals surface area contributed by atoms with E-state index in [4.69, 9.17) is 31.1 Å². The molecule has 114 heavy (non-hydrogen) atoms. The molecule has 13 heterocycles. The number of aromatic hydroxyl groups is 1. The Kier molecular flexibility index (Phi) is 28.7. The molecule has 3 aromatic carbocycles. The minimum atomic E-state index is -4.64. The van der Waals surface area contributed by atoms with E-state index in [0.717, 1.165) is 169 Å². The summed E-state index contributed by atoms with van der Waals surface area (Å²) in [7, 11) is 2.00. The second kappa shape index (κ2) is 38.7. The summed E-state index contributed by atoms with van der Waals surface area (Å²) in [5.41, 5.74) is 24.1. The number of hydrogen-bond acceptors (Lipinski definition) is 27. The third-order valence-electron chi connectivity index (χ3n) is 19.8. The Morgan fingerprint density at radius 2 is 1.46 bits per heavy atom. The highest BCUT2D eigenvalue weighted by Gasteiger charge is 2.36. The zero-order valence-electron chi connectivity index (χ0n) is 65.3. The number of aliphatic hydroxyl groups is 1. The number of hydrogen-bond donors (Lipinski definition) is 8. The lowest BCUT2D eigenvalue weighted by molar-refractivity contribution is -0.136. The molecule has 11 N–H and O–H groups in total. The number of anilines is 5. The van der Waals surface area contributed by atoms with Gasteiger partial charge in [-0.2, -0.15) is 23.3 Å². The highest BCUT2D eigenvalue weighted by Crippen LogP contribution is 2.39. The number of fused-ring (bicyclic) bond motifs is 2. The van der Waals surface area contributed by atoms with Crippen LogP contribution < -0.4 is 48.6 Å². The fraction of sp³-hybridized carbons (Fsp3) is 0.420. The zero-order chi connectivity index (χ0) is 81.3. The maximum Gasteiger partial charge on any atom is 0.417 e. The number of aromatic nitrogens is 9. The highest BCUT2D eigenvalue weighted by molar-refractivity contribution is 8.15. The first kappa shape index (κ1) is 84.6. The van der Waals surface area contributed by atoms with Crippen LogP contribution in [0, 0.1) is 44.2 Å². The van der Waals surface area contributed by atoms with Crippen LogP contribution in [0.4, 0.5) is 51.0 Å². The summed E-state index contributed by atoms with van der Waals surface area (Å²) in [6.07, 6.45) is 12.9. The molecule has 7 aromatic heterocycles. The van der Waals surface area contributed by atoms with E-state index in [1.165, 1.54) is 51.0 Å². The monoisotopic (exact) mass is 1610 g/mol. The highest BCUT2D eigenvalue weighted by atomic mass is 32.2. The number of nitrogens with one attached hydrogen (secondary N) is 3. The Morgan fingerprint density at radius 3 is 2.11 bits per heavy atom. The predicted octanol–water partition coefficient (Wildman–Crippen LogP) is 12.1. The fourth-order valence-corrected chi connectivity index (χ4v) is 15.7. The van der Waals surface area contributed by atoms with Gasteiger partial charge in [-0.1, -0.05) is 46.9 Å². The van der Waals surface area contributed by atoms with Gasteiger partial charge in [0.25, 0.3) is 0 Å². The van der Waals surface area contributed by atoms with Crippen LogP contribution in [0.25, 0.3) is 39.2 Å². The smallest absolute Gasteiger partial charge is 0.417 e. The van der Waals surface area contributed by atoms with Gasteiger partial charge in [0, 0.05) is 164 Å². The number of halogens is 5. The Bertz CT molecular complexity index is 4930. The van der Waals surface area contributed by atoms with Gasteiger partial charge in [-0.05, 0) is 184 Å². The molecule has 606 valence electrons. The molecule has 3 fully saturated rings. The SMILES string of the molecule is CC1(C)CN=C(NCCNC2=NCC(C)(C)S2)S1.CN1CCc2onc(-c3ccc(F)c(F)c3)c2C1.Cc1c(O)ccc2c(C(F)(F)F)cc(=O)oc12.Cc1ccc(-c2cnc(N)c(N3CCC(O)C3)n2)c(-n2cccn2)c1.Cc1cnccc1NCCN.Nc1nccc(N2CCC(C3CCN(Cc4ccccn4)CC3)C2)n1. The number of nitrogen functional groups attached to an aromatic ring is 2. The molecule has 6 aliphatic heterocycles. The lowest BCUT2D eigenvalue weighted by atomic mass is 9.84. The molecule has 0 spiro atoms. The minimum Gasteiger partial charge on any atom is -0.508 e. The molecule has 6 aliphatic rings. The number of alkyl halides is 3. The summed E-state index contributed by atoms with van der Waals surface area (Å²) >= 11 is 3.65. The molecule has 0 saturated carbocycles. The van der Waals surface area contributed by atoms with Crippen molar-refractivity contribution in [2.24, 2.45) is 27.6 Å². The van der Waals surface area contributed by atoms with Gasteiger partial charge in [-0.3, -0.25) is 24.9 Å². The summed E-state index contributed by atoms with van der Waals surface area (Å²) in [4.78, 5) is 54.9. The third-order valence-corrected chi connectivity index (χ3v) is 22.1. The average Bonchev–Trinajstić information content (AvgIpc) is 1.01. The number of aliphatic hydroxyl groups excluding tert-OH is 1. The van der Waals surface area contributed by atoms with Crippen LogP contribution in [0.15, 0.2) is 158 Å². The van der Waals surface area contributed by atoms with E-state index >= 15 is 0 Å². The number of rotatable bonds is 14. The number of β-amino-alcohol motifs (C(OH)–C–C–N with tert-alkyl or cyclic N) is 1. The minimum absolute atomic E-state index is 0.103. The summed E-state index contributed by atoms with van der Waals surface area (Å²) in [6, 6.07) is 24.5. The lowest BCUT2D eigenvalue weighted by Crippen LogP contribution is -2.36. The number of pyridine rings is 2. The van der Waals surface area contributed by atoms with Crippen molar-refractivity contribution >= 4 is 73.9 Å². The van der Waals surface area contributed by atoms with Crippen molar-refractivity contribution in [1.29, 1.82) is 0 Å². The first-order valence-corrected chi connectivity index (χ1v) is 39.6. The number of aliphatic imine (C=N–C) groups is 2. The van der Waals surface area contributed by atoms with E-state index in [9.17, 15) is 37.0 Å². The summed E-state index contributed by atoms with van der Waals surface area (Å²) < 4.78 is 76.5. The number of thioether (sulfide) groups is 2. The molecule has 2 atom stereocenters. The maximum atomic E-state index is 13.2. The number of piperidine rings is 1. The van der Waals surface area contributed by atoms with Crippen LogP contribution in [0.3, 0.4) is 0 Å². The van der Waals surface area contributed by atoms with Crippen LogP contribution >= 0.6 is 23.5 Å². The van der Waals surface area contributed by atoms with Crippen molar-refractivity contribution in [1.82, 2.24) is 65.3 Å². The van der Waals surface area contributed by atoms with Gasteiger partial charge >= 0.3 is 11.8 Å². The number of phenols is 1. The second-order valence-electron chi connectivity index (χ2n) is 29.9. The number of amidine groups is 2. The van der Waals surface area contributed by atoms with E-state index in [0.29, 0.717) is 61.0 Å². The molecule has 33 heteroatoms. The van der Waals surface area contributed by atoms with Crippen molar-refractivity contribution in [3.63, 3.8) is 0 Å². The van der Waals surface area contributed by atoms with E-state index in [2.05, 4.69) is 122 Å². The van der Waals surface area contributed by atoms with Gasteiger partial charge in [0.05, 0.1) is 48.0 Å². The van der Waals surface area contributed by atoms with E-state index < -0.39 is 29.0 Å². The van der Waals surface area contributed by atoms with Gasteiger partial charge in [0.15, 0.2) is 33.6 Å². The van der Waals surface area contributed by atoms with Crippen molar-refractivity contribution in [2.45, 2.75) is 115 Å². The number of nitrogens with two attached hydrogens (primary N) is 3. The Morgan fingerprint density at radius 1 is 0.728 bits per heavy atom. The Labute approximate surface area is 668 Å². The van der Waals surface area contributed by atoms with Crippen molar-refractivity contribution in [3.05, 3.63) is 196 Å². The number of likely N-dealkylation sites (tertiary alicyclic amines) is 1. The number of benzene rings is 3. The first-order valence-electron chi connectivity index (χ1n) is 37.9. The largest absolute Gasteiger partial charge is 0.508 e. The molecule has 3 saturated heterocycles. The molecule has 16 rings (SSSR count). The summed E-state index contributed by atoms with van der Waals surface area (Å²) in [5, 5.41) is 39.3. The average molecular weight is 1610 g/mol. The van der Waals surface area contributed by atoms with Gasteiger partial charge in [-0.15, -0.1) is 0 Å². The third kappa shape index (κ3) is 23.2. The van der Waals surface area contributed by atoms with E-state index in [1.807, 2.05) is 109 Å². The van der Waals surface area contributed by atoms with Crippen molar-refractivity contribution < 1.29 is 41.1 Å². The van der Waals surface area contributed by atoms with Gasteiger partial charge in [-0.25, -0.2) is 33.2 Å². The first-order chi connectivity index (χ1) is 54.5. The molecule has 2 unspecified atom stereocenters.